The molecule has 0 aliphatic rings. The van der Waals surface area contributed by atoms with Crippen LogP contribution >= 0.6 is 0 Å². The standard InChI is InChI=1S/C6H12N2O/c1-6(2,4-9)3-8-5-7/h8-9H,3-4H2,1-2H3. The van der Waals surface area contributed by atoms with Crippen LogP contribution in [0, 0.1) is 16.9 Å². The molecule has 0 rings (SSSR count). The van der Waals surface area contributed by atoms with Crippen LogP contribution in [0.3, 0.4) is 0 Å². The molecule has 3 nitrogen and oxygen atoms in total. The predicted octanol–water partition coefficient (Wildman–Crippen LogP) is 0.0756. The van der Waals surface area contributed by atoms with Crippen molar-refractivity contribution in [2.24, 2.45) is 5.41 Å². The minimum atomic E-state index is -0.185. The van der Waals surface area contributed by atoms with Gasteiger partial charge in [-0.1, -0.05) is 13.8 Å². The van der Waals surface area contributed by atoms with Gasteiger partial charge in [0.05, 0.1) is 0 Å². The third-order valence-electron chi connectivity index (χ3n) is 1.07. The van der Waals surface area contributed by atoms with E-state index in [2.05, 4.69) is 5.32 Å². The number of nitriles is 1. The van der Waals surface area contributed by atoms with E-state index in [4.69, 9.17) is 10.4 Å². The van der Waals surface area contributed by atoms with Crippen LogP contribution in [0.2, 0.25) is 0 Å². The fraction of sp³-hybridized carbons (Fsp3) is 0.833. The van der Waals surface area contributed by atoms with Gasteiger partial charge in [0.2, 0.25) is 0 Å². The molecule has 0 saturated carbocycles. The van der Waals surface area contributed by atoms with E-state index in [1.165, 1.54) is 0 Å². The molecule has 0 radical (unpaired) electrons. The fourth-order valence-electron chi connectivity index (χ4n) is 0.335. The highest BCUT2D eigenvalue weighted by atomic mass is 16.3. The molecule has 2 N–H and O–H groups in total. The Morgan fingerprint density at radius 3 is 2.56 bits per heavy atom. The van der Waals surface area contributed by atoms with Gasteiger partial charge in [-0.25, -0.2) is 0 Å². The Morgan fingerprint density at radius 2 is 2.22 bits per heavy atom. The largest absolute Gasteiger partial charge is 0.396 e. The smallest absolute Gasteiger partial charge is 0.176 e. The van der Waals surface area contributed by atoms with Crippen LogP contribution in [-0.2, 0) is 0 Å². The SMILES string of the molecule is CC(C)(CO)CNC#N. The molecule has 0 unspecified atom stereocenters. The maximum absolute atomic E-state index is 8.67. The van der Waals surface area contributed by atoms with Crippen LogP contribution in [0.25, 0.3) is 0 Å². The molecule has 0 fully saturated rings. The van der Waals surface area contributed by atoms with E-state index in [0.717, 1.165) is 0 Å². The summed E-state index contributed by atoms with van der Waals surface area (Å²) >= 11 is 0. The average molecular weight is 128 g/mol. The molecule has 0 bridgehead atoms. The maximum atomic E-state index is 8.67. The van der Waals surface area contributed by atoms with E-state index in [0.29, 0.717) is 6.54 Å². The van der Waals surface area contributed by atoms with Crippen LogP contribution in [-0.4, -0.2) is 18.3 Å². The van der Waals surface area contributed by atoms with Crippen molar-refractivity contribution in [3.8, 4) is 6.19 Å². The predicted molar refractivity (Wildman–Crippen MR) is 34.5 cm³/mol. The van der Waals surface area contributed by atoms with Gasteiger partial charge >= 0.3 is 0 Å². The summed E-state index contributed by atoms with van der Waals surface area (Å²) in [6, 6.07) is 0. The summed E-state index contributed by atoms with van der Waals surface area (Å²) in [5, 5.41) is 19.2. The van der Waals surface area contributed by atoms with Crippen LogP contribution < -0.4 is 5.32 Å². The number of nitrogens with zero attached hydrogens (tertiary/aromatic N) is 1. The molecule has 0 aromatic carbocycles. The first kappa shape index (κ1) is 8.25. The Labute approximate surface area is 55.3 Å². The molecular formula is C6H12N2O. The van der Waals surface area contributed by atoms with Gasteiger partial charge in [0.25, 0.3) is 0 Å². The van der Waals surface area contributed by atoms with Gasteiger partial charge in [0.15, 0.2) is 6.19 Å². The van der Waals surface area contributed by atoms with E-state index in [-0.39, 0.29) is 12.0 Å². The van der Waals surface area contributed by atoms with Gasteiger partial charge in [0.1, 0.15) is 0 Å². The van der Waals surface area contributed by atoms with Crippen molar-refractivity contribution >= 4 is 0 Å². The second kappa shape index (κ2) is 3.31. The second-order valence-electron chi connectivity index (χ2n) is 2.79. The van der Waals surface area contributed by atoms with Crippen LogP contribution in [0.1, 0.15) is 13.8 Å². The summed E-state index contributed by atoms with van der Waals surface area (Å²) in [6.45, 7) is 4.40. The third-order valence-corrected chi connectivity index (χ3v) is 1.07. The zero-order valence-electron chi connectivity index (χ0n) is 5.81. The lowest BCUT2D eigenvalue weighted by Gasteiger charge is -2.19. The van der Waals surface area contributed by atoms with Gasteiger partial charge in [-0.15, -0.1) is 0 Å². The molecule has 0 atom stereocenters. The third kappa shape index (κ3) is 3.80. The van der Waals surface area contributed by atoms with Gasteiger partial charge in [-0.2, -0.15) is 5.26 Å². The van der Waals surface area contributed by atoms with Gasteiger partial charge in [-0.05, 0) is 0 Å². The Morgan fingerprint density at radius 1 is 1.67 bits per heavy atom. The number of hydrogen-bond acceptors (Lipinski definition) is 3. The summed E-state index contributed by atoms with van der Waals surface area (Å²) in [5.74, 6) is 0. The summed E-state index contributed by atoms with van der Waals surface area (Å²) in [5.41, 5.74) is -0.185. The Balaban J connectivity index is 3.48. The molecule has 0 aliphatic carbocycles. The molecule has 3 heteroatoms. The number of rotatable bonds is 3. The van der Waals surface area contributed by atoms with E-state index in [9.17, 15) is 0 Å². The van der Waals surface area contributed by atoms with Gasteiger partial charge in [0, 0.05) is 18.6 Å². The lowest BCUT2D eigenvalue weighted by Crippen LogP contribution is -2.29. The average Bonchev–Trinajstić information content (AvgIpc) is 1.84. The van der Waals surface area contributed by atoms with Crippen molar-refractivity contribution in [1.82, 2.24) is 5.32 Å². The van der Waals surface area contributed by atoms with E-state index < -0.39 is 0 Å². The van der Waals surface area contributed by atoms with E-state index in [1.807, 2.05) is 13.8 Å². The molecule has 0 aromatic heterocycles. The summed E-state index contributed by atoms with van der Waals surface area (Å²) < 4.78 is 0. The normalized spacial score (nSPS) is 10.4. The highest BCUT2D eigenvalue weighted by molar-refractivity contribution is 4.75. The lowest BCUT2D eigenvalue weighted by molar-refractivity contribution is 0.161. The summed E-state index contributed by atoms with van der Waals surface area (Å²) in [4.78, 5) is 0. The molecule has 0 saturated heterocycles. The molecule has 9 heavy (non-hydrogen) atoms. The zero-order chi connectivity index (χ0) is 7.33. The number of aliphatic hydroxyl groups is 1. The Hall–Kier alpha value is -0.750. The van der Waals surface area contributed by atoms with Crippen molar-refractivity contribution in [3.63, 3.8) is 0 Å². The van der Waals surface area contributed by atoms with Crippen LogP contribution in [0.15, 0.2) is 0 Å². The van der Waals surface area contributed by atoms with Crippen molar-refractivity contribution in [3.05, 3.63) is 0 Å². The van der Waals surface area contributed by atoms with Crippen LogP contribution in [0.4, 0.5) is 0 Å². The second-order valence-corrected chi connectivity index (χ2v) is 2.79. The van der Waals surface area contributed by atoms with Gasteiger partial charge < -0.3 is 10.4 Å². The first-order valence-corrected chi connectivity index (χ1v) is 2.85. The minimum absolute atomic E-state index is 0.0989. The highest BCUT2D eigenvalue weighted by Gasteiger charge is 2.14. The zero-order valence-corrected chi connectivity index (χ0v) is 5.81. The number of hydrogen-bond donors (Lipinski definition) is 2. The molecule has 52 valence electrons. The highest BCUT2D eigenvalue weighted by Crippen LogP contribution is 2.10. The summed E-state index contributed by atoms with van der Waals surface area (Å²) in [7, 11) is 0. The molecular weight excluding hydrogens is 116 g/mol. The quantitative estimate of drug-likeness (QED) is 0.418. The molecule has 0 aliphatic heterocycles. The van der Waals surface area contributed by atoms with Crippen LogP contribution in [0.5, 0.6) is 0 Å². The van der Waals surface area contributed by atoms with E-state index >= 15 is 0 Å². The fourth-order valence-corrected chi connectivity index (χ4v) is 0.335. The first-order valence-electron chi connectivity index (χ1n) is 2.85. The van der Waals surface area contributed by atoms with E-state index in [1.54, 1.807) is 6.19 Å². The molecule has 0 spiro atoms. The first-order chi connectivity index (χ1) is 4.12. The number of nitrogens with one attached hydrogen (secondary N) is 1. The Bertz CT molecular complexity index is 115. The maximum Gasteiger partial charge on any atom is 0.176 e. The topological polar surface area (TPSA) is 56.0 Å². The molecule has 0 aromatic rings. The number of aliphatic hydroxyl groups excluding tert-OH is 1. The summed E-state index contributed by atoms with van der Waals surface area (Å²) in [6.07, 6.45) is 1.80. The van der Waals surface area contributed by atoms with Crippen molar-refractivity contribution in [2.45, 2.75) is 13.8 Å². The van der Waals surface area contributed by atoms with Crippen molar-refractivity contribution < 1.29 is 5.11 Å². The minimum Gasteiger partial charge on any atom is -0.396 e. The van der Waals surface area contributed by atoms with Crippen molar-refractivity contribution in [2.75, 3.05) is 13.2 Å². The van der Waals surface area contributed by atoms with Gasteiger partial charge in [-0.3, -0.25) is 0 Å². The molecule has 0 amide bonds. The molecule has 0 heterocycles. The lowest BCUT2D eigenvalue weighted by atomic mass is 9.95. The van der Waals surface area contributed by atoms with Crippen molar-refractivity contribution in [1.29, 1.82) is 5.26 Å². The Kier molecular flexibility index (Phi) is 3.03. The monoisotopic (exact) mass is 128 g/mol.